The molecular formula is C33H34N4O3. The summed E-state index contributed by atoms with van der Waals surface area (Å²) in [6.07, 6.45) is 4.46. The number of hydrogen-bond donors (Lipinski definition) is 1. The first-order chi connectivity index (χ1) is 19.1. The van der Waals surface area contributed by atoms with Crippen LogP contribution >= 0.6 is 0 Å². The van der Waals surface area contributed by atoms with Crippen molar-refractivity contribution in [2.24, 2.45) is 11.1 Å². The third-order valence-corrected chi connectivity index (χ3v) is 7.75. The Bertz CT molecular complexity index is 1560. The number of nitrogens with two attached hydrogens (primary N) is 1. The molecule has 5 rings (SSSR count). The minimum atomic E-state index is -0.559. The maximum Gasteiger partial charge on any atom is 0.162 e. The molecule has 7 nitrogen and oxygen atoms in total. The number of ether oxygens (including phenoxy) is 2. The van der Waals surface area contributed by atoms with Crippen LogP contribution in [-0.2, 0) is 11.4 Å². The number of nitriles is 1. The molecule has 0 saturated carbocycles. The van der Waals surface area contributed by atoms with Gasteiger partial charge < -0.3 is 15.2 Å². The van der Waals surface area contributed by atoms with Crippen molar-refractivity contribution in [2.45, 2.75) is 53.1 Å². The molecule has 0 amide bonds. The number of allylic oxidation sites excluding steroid dienone is 3. The first kappa shape index (κ1) is 27.0. The van der Waals surface area contributed by atoms with E-state index in [1.165, 1.54) is 0 Å². The maximum atomic E-state index is 13.9. The highest BCUT2D eigenvalue weighted by Crippen LogP contribution is 2.50. The van der Waals surface area contributed by atoms with Gasteiger partial charge in [0.25, 0.3) is 0 Å². The van der Waals surface area contributed by atoms with Gasteiger partial charge in [0.05, 0.1) is 36.6 Å². The zero-order valence-corrected chi connectivity index (χ0v) is 23.6. The van der Waals surface area contributed by atoms with E-state index in [1.807, 2.05) is 55.1 Å². The lowest BCUT2D eigenvalue weighted by Crippen LogP contribution is -2.42. The lowest BCUT2D eigenvalue weighted by atomic mass is 9.68. The highest BCUT2D eigenvalue weighted by atomic mass is 16.5. The van der Waals surface area contributed by atoms with Crippen LogP contribution in [0.1, 0.15) is 54.9 Å². The predicted octanol–water partition coefficient (Wildman–Crippen LogP) is 6.23. The molecule has 2 aliphatic rings. The third-order valence-electron chi connectivity index (χ3n) is 7.75. The average Bonchev–Trinajstić information content (AvgIpc) is 2.93. The van der Waals surface area contributed by atoms with Crippen LogP contribution in [0.3, 0.4) is 0 Å². The Hall–Kier alpha value is -4.57. The molecule has 1 atom stereocenters. The lowest BCUT2D eigenvalue weighted by Gasteiger charge is -2.44. The molecule has 2 heterocycles. The molecule has 2 N–H and O–H groups in total. The largest absolute Gasteiger partial charge is 0.497 e. The van der Waals surface area contributed by atoms with E-state index in [9.17, 15) is 10.1 Å². The van der Waals surface area contributed by atoms with Gasteiger partial charge in [0.15, 0.2) is 5.78 Å². The van der Waals surface area contributed by atoms with Crippen molar-refractivity contribution in [1.82, 2.24) is 4.98 Å². The second-order valence-electron chi connectivity index (χ2n) is 11.3. The van der Waals surface area contributed by atoms with Crippen molar-refractivity contribution in [1.29, 1.82) is 5.26 Å². The molecule has 0 fully saturated rings. The Labute approximate surface area is 235 Å². The van der Waals surface area contributed by atoms with Crippen LogP contribution in [0.4, 0.5) is 5.69 Å². The fourth-order valence-electron chi connectivity index (χ4n) is 5.85. The van der Waals surface area contributed by atoms with E-state index in [0.29, 0.717) is 36.4 Å². The summed E-state index contributed by atoms with van der Waals surface area (Å²) in [5.74, 6) is 1.31. The molecule has 1 aliphatic carbocycles. The summed E-state index contributed by atoms with van der Waals surface area (Å²) >= 11 is 0. The summed E-state index contributed by atoms with van der Waals surface area (Å²) in [4.78, 5) is 20.0. The van der Waals surface area contributed by atoms with Crippen molar-refractivity contribution in [3.63, 3.8) is 0 Å². The standard InChI is InChI=1S/C33H34N4O3/c1-20-13-22(19-40-25-10-8-24(39-5)9-11-25)21(2)26(14-20)30-27(17-34)32(35)37(23-7-6-12-36-18-23)28-15-33(3,4)16-29(38)31(28)30/h6-14,18,30H,15-16,19,35H2,1-5H3. The molecule has 1 unspecified atom stereocenters. The molecule has 204 valence electrons. The van der Waals surface area contributed by atoms with E-state index in [-0.39, 0.29) is 11.2 Å². The Morgan fingerprint density at radius 2 is 1.85 bits per heavy atom. The van der Waals surface area contributed by atoms with Gasteiger partial charge in [-0.3, -0.25) is 14.7 Å². The van der Waals surface area contributed by atoms with Gasteiger partial charge in [0.1, 0.15) is 23.9 Å². The maximum absolute atomic E-state index is 13.9. The molecule has 0 bridgehead atoms. The quantitative estimate of drug-likeness (QED) is 0.400. The number of ketones is 1. The SMILES string of the molecule is COc1ccc(OCc2cc(C)cc(C3C(C#N)=C(N)N(c4cccnc4)C4=C3C(=O)CC(C)(C)C4)c2C)cc1. The van der Waals surface area contributed by atoms with E-state index in [0.717, 1.165) is 45.1 Å². The van der Waals surface area contributed by atoms with Crippen molar-refractivity contribution in [3.8, 4) is 17.6 Å². The van der Waals surface area contributed by atoms with Gasteiger partial charge in [-0.05, 0) is 78.8 Å². The van der Waals surface area contributed by atoms with Crippen LogP contribution in [0.5, 0.6) is 11.5 Å². The number of aromatic nitrogens is 1. The Kier molecular flexibility index (Phi) is 7.12. The topological polar surface area (TPSA) is 101 Å². The van der Waals surface area contributed by atoms with Crippen molar-refractivity contribution < 1.29 is 14.3 Å². The van der Waals surface area contributed by atoms with Gasteiger partial charge in [-0.1, -0.05) is 31.5 Å². The van der Waals surface area contributed by atoms with Gasteiger partial charge in [-0.25, -0.2) is 0 Å². The number of nitrogens with zero attached hydrogens (tertiary/aromatic N) is 3. The number of carbonyl (C=O) groups is 1. The molecule has 1 aromatic heterocycles. The minimum Gasteiger partial charge on any atom is -0.497 e. The number of anilines is 1. The number of rotatable bonds is 6. The number of pyridine rings is 1. The van der Waals surface area contributed by atoms with Crippen LogP contribution in [0.25, 0.3) is 0 Å². The summed E-state index contributed by atoms with van der Waals surface area (Å²) in [5.41, 5.74) is 13.0. The van der Waals surface area contributed by atoms with E-state index in [1.54, 1.807) is 19.5 Å². The number of benzene rings is 2. The first-order valence-electron chi connectivity index (χ1n) is 13.4. The highest BCUT2D eigenvalue weighted by molar-refractivity contribution is 6.01. The first-order valence-corrected chi connectivity index (χ1v) is 13.4. The summed E-state index contributed by atoms with van der Waals surface area (Å²) in [5, 5.41) is 10.5. The third kappa shape index (κ3) is 4.93. The molecular weight excluding hydrogens is 500 g/mol. The second kappa shape index (κ2) is 10.5. The Morgan fingerprint density at radius 3 is 2.50 bits per heavy atom. The smallest absolute Gasteiger partial charge is 0.162 e. The predicted molar refractivity (Wildman–Crippen MR) is 155 cm³/mol. The van der Waals surface area contributed by atoms with Gasteiger partial charge >= 0.3 is 0 Å². The van der Waals surface area contributed by atoms with Gasteiger partial charge in [0, 0.05) is 23.9 Å². The second-order valence-corrected chi connectivity index (χ2v) is 11.3. The molecule has 40 heavy (non-hydrogen) atoms. The number of methoxy groups -OCH3 is 1. The van der Waals surface area contributed by atoms with E-state index < -0.39 is 5.92 Å². The van der Waals surface area contributed by atoms with Gasteiger partial charge in [-0.15, -0.1) is 0 Å². The van der Waals surface area contributed by atoms with Crippen LogP contribution < -0.4 is 20.1 Å². The fourth-order valence-corrected chi connectivity index (χ4v) is 5.85. The fraction of sp³-hybridized carbons (Fsp3) is 0.303. The van der Waals surface area contributed by atoms with Crippen LogP contribution in [0, 0.1) is 30.6 Å². The van der Waals surface area contributed by atoms with Gasteiger partial charge in [-0.2, -0.15) is 5.26 Å². The molecule has 1 aliphatic heterocycles. The van der Waals surface area contributed by atoms with Gasteiger partial charge in [0.2, 0.25) is 0 Å². The zero-order valence-electron chi connectivity index (χ0n) is 23.6. The molecule has 7 heteroatoms. The van der Waals surface area contributed by atoms with Crippen molar-refractivity contribution >= 4 is 11.5 Å². The Balaban J connectivity index is 1.63. The van der Waals surface area contributed by atoms with E-state index >= 15 is 0 Å². The molecule has 0 spiro atoms. The Morgan fingerprint density at radius 1 is 1.12 bits per heavy atom. The monoisotopic (exact) mass is 534 g/mol. The minimum absolute atomic E-state index is 0.0438. The van der Waals surface area contributed by atoms with E-state index in [4.69, 9.17) is 15.2 Å². The van der Waals surface area contributed by atoms with Crippen LogP contribution in [0.15, 0.2) is 83.6 Å². The molecule has 3 aromatic rings. The highest BCUT2D eigenvalue weighted by Gasteiger charge is 2.45. The number of carbonyl (C=O) groups excluding carboxylic acids is 1. The zero-order chi connectivity index (χ0) is 28.6. The van der Waals surface area contributed by atoms with Crippen LogP contribution in [-0.4, -0.2) is 17.9 Å². The molecule has 0 saturated heterocycles. The molecule has 0 radical (unpaired) electrons. The number of aryl methyl sites for hydroxylation is 1. The molecule has 2 aromatic carbocycles. The number of hydrogen-bond acceptors (Lipinski definition) is 7. The van der Waals surface area contributed by atoms with E-state index in [2.05, 4.69) is 37.0 Å². The summed E-state index contributed by atoms with van der Waals surface area (Å²) in [7, 11) is 1.63. The summed E-state index contributed by atoms with van der Waals surface area (Å²) in [6, 6.07) is 17.7. The summed E-state index contributed by atoms with van der Waals surface area (Å²) < 4.78 is 11.4. The lowest BCUT2D eigenvalue weighted by molar-refractivity contribution is -0.118. The normalized spacial score (nSPS) is 18.4. The average molecular weight is 535 g/mol. The summed E-state index contributed by atoms with van der Waals surface area (Å²) in [6.45, 7) is 8.58. The van der Waals surface area contributed by atoms with Crippen molar-refractivity contribution in [3.05, 3.63) is 106 Å². The number of Topliss-reactive ketones (excluding diaryl/α,β-unsaturated/α-hetero) is 1. The van der Waals surface area contributed by atoms with Crippen LogP contribution in [0.2, 0.25) is 0 Å². The van der Waals surface area contributed by atoms with Crippen molar-refractivity contribution in [2.75, 3.05) is 12.0 Å².